The number of aryl methyl sites for hydroxylation is 2. The number of carbonyl (C=O) groups excluding carboxylic acids is 1. The molecule has 3 heterocycles. The van der Waals surface area contributed by atoms with Crippen LogP contribution in [-0.4, -0.2) is 36.0 Å². The highest BCUT2D eigenvalue weighted by atomic mass is 19.1. The van der Waals surface area contributed by atoms with E-state index in [0.717, 1.165) is 16.5 Å². The van der Waals surface area contributed by atoms with Crippen LogP contribution in [0.3, 0.4) is 0 Å². The van der Waals surface area contributed by atoms with E-state index < -0.39 is 11.7 Å². The highest BCUT2D eigenvalue weighted by molar-refractivity contribution is 6.04. The minimum absolute atomic E-state index is 0.0194. The van der Waals surface area contributed by atoms with Crippen LogP contribution in [0.4, 0.5) is 21.7 Å². The van der Waals surface area contributed by atoms with Crippen LogP contribution in [0, 0.1) is 19.7 Å². The van der Waals surface area contributed by atoms with Crippen LogP contribution in [0.2, 0.25) is 0 Å². The molecule has 5 rings (SSSR count). The highest BCUT2D eigenvalue weighted by Gasteiger charge is 2.23. The molecule has 10 nitrogen and oxygen atoms in total. The van der Waals surface area contributed by atoms with Crippen LogP contribution in [0.15, 0.2) is 48.8 Å². The summed E-state index contributed by atoms with van der Waals surface area (Å²) in [7, 11) is 0. The first kappa shape index (κ1) is 21.9. The molecule has 35 heavy (non-hydrogen) atoms. The summed E-state index contributed by atoms with van der Waals surface area (Å²) in [5, 5.41) is 10.7. The second-order valence-corrected chi connectivity index (χ2v) is 7.92. The molecule has 0 aliphatic rings. The van der Waals surface area contributed by atoms with E-state index in [1.807, 2.05) is 19.1 Å². The van der Waals surface area contributed by atoms with E-state index in [2.05, 4.69) is 35.5 Å². The van der Waals surface area contributed by atoms with Crippen molar-refractivity contribution in [3.63, 3.8) is 0 Å². The molecule has 0 fully saturated rings. The number of rotatable bonds is 5. The number of hydrogen-bond donors (Lipinski definition) is 4. The number of nitrogens with one attached hydrogen (secondary N) is 2. The largest absolute Gasteiger partial charge is 0.395 e. The zero-order valence-corrected chi connectivity index (χ0v) is 18.8. The third kappa shape index (κ3) is 3.88. The molecule has 11 heteroatoms. The summed E-state index contributed by atoms with van der Waals surface area (Å²) < 4.78 is 15.0. The van der Waals surface area contributed by atoms with Crippen molar-refractivity contribution in [2.24, 2.45) is 5.73 Å². The second-order valence-electron chi connectivity index (χ2n) is 7.92. The molecule has 6 N–H and O–H groups in total. The molecule has 0 aliphatic heterocycles. The normalized spacial score (nSPS) is 11.1. The van der Waals surface area contributed by atoms with E-state index in [1.54, 1.807) is 31.5 Å². The van der Waals surface area contributed by atoms with Gasteiger partial charge in [0, 0.05) is 28.4 Å². The summed E-state index contributed by atoms with van der Waals surface area (Å²) in [5.74, 6) is -1.17. The quantitative estimate of drug-likeness (QED) is 0.303. The number of carbonyl (C=O) groups is 1. The van der Waals surface area contributed by atoms with Gasteiger partial charge < -0.3 is 16.8 Å². The van der Waals surface area contributed by atoms with Crippen LogP contribution in [0.5, 0.6) is 0 Å². The van der Waals surface area contributed by atoms with Crippen molar-refractivity contribution in [1.29, 1.82) is 0 Å². The average molecular weight is 469 g/mol. The minimum Gasteiger partial charge on any atom is -0.395 e. The summed E-state index contributed by atoms with van der Waals surface area (Å²) in [6.45, 7) is 3.68. The number of fused-ring (bicyclic) bond motifs is 1. The predicted molar refractivity (Wildman–Crippen MR) is 130 cm³/mol. The van der Waals surface area contributed by atoms with E-state index in [9.17, 15) is 4.79 Å². The third-order valence-electron chi connectivity index (χ3n) is 5.53. The van der Waals surface area contributed by atoms with Crippen LogP contribution < -0.4 is 16.8 Å². The molecule has 0 radical (unpaired) electrons. The fourth-order valence-electron chi connectivity index (χ4n) is 3.87. The van der Waals surface area contributed by atoms with Crippen molar-refractivity contribution in [2.45, 2.75) is 13.8 Å². The molecule has 3 aromatic heterocycles. The zero-order valence-electron chi connectivity index (χ0n) is 18.8. The molecular formula is C24H20FN9O. The van der Waals surface area contributed by atoms with Gasteiger partial charge in [0.05, 0.1) is 28.8 Å². The van der Waals surface area contributed by atoms with Crippen molar-refractivity contribution in [3.8, 4) is 22.6 Å². The first-order valence-electron chi connectivity index (χ1n) is 10.6. The van der Waals surface area contributed by atoms with Gasteiger partial charge in [-0.15, -0.1) is 0 Å². The lowest BCUT2D eigenvalue weighted by Gasteiger charge is -2.16. The molecule has 174 valence electrons. The highest BCUT2D eigenvalue weighted by Crippen LogP contribution is 2.37. The van der Waals surface area contributed by atoms with Crippen molar-refractivity contribution in [1.82, 2.24) is 30.1 Å². The number of halogens is 1. The molecule has 0 aliphatic carbocycles. The maximum absolute atomic E-state index is 15.0. The third-order valence-corrected chi connectivity index (χ3v) is 5.53. The number of hydrogen-bond acceptors (Lipinski definition) is 8. The zero-order chi connectivity index (χ0) is 24.7. The fraction of sp³-hybridized carbons (Fsp3) is 0.0833. The number of benzene rings is 2. The van der Waals surface area contributed by atoms with Crippen molar-refractivity contribution >= 4 is 34.1 Å². The van der Waals surface area contributed by atoms with Crippen LogP contribution in [0.25, 0.3) is 33.5 Å². The summed E-state index contributed by atoms with van der Waals surface area (Å²) >= 11 is 0. The van der Waals surface area contributed by atoms with Crippen molar-refractivity contribution < 1.29 is 9.18 Å². The molecule has 5 aromatic rings. The first-order chi connectivity index (χ1) is 16.8. The van der Waals surface area contributed by atoms with Gasteiger partial charge in [-0.25, -0.2) is 24.3 Å². The van der Waals surface area contributed by atoms with Crippen molar-refractivity contribution in [3.05, 3.63) is 71.6 Å². The number of amides is 1. The van der Waals surface area contributed by atoms with Crippen LogP contribution in [0.1, 0.15) is 21.7 Å². The Morgan fingerprint density at radius 2 is 1.91 bits per heavy atom. The van der Waals surface area contributed by atoms with Gasteiger partial charge in [-0.05, 0) is 43.7 Å². The molecule has 1 amide bonds. The van der Waals surface area contributed by atoms with E-state index in [0.29, 0.717) is 11.3 Å². The fourth-order valence-corrected chi connectivity index (χ4v) is 3.87. The number of aromatic nitrogens is 6. The van der Waals surface area contributed by atoms with Gasteiger partial charge in [-0.1, -0.05) is 12.1 Å². The van der Waals surface area contributed by atoms with Gasteiger partial charge in [-0.2, -0.15) is 5.10 Å². The molecule has 0 atom stereocenters. The van der Waals surface area contributed by atoms with E-state index in [1.165, 1.54) is 12.1 Å². The number of H-pyrrole nitrogens is 1. The lowest BCUT2D eigenvalue weighted by molar-refractivity contribution is 0.0996. The number of nitrogens with zero attached hydrogens (tertiary/aromatic N) is 5. The van der Waals surface area contributed by atoms with Gasteiger partial charge in [0.1, 0.15) is 5.82 Å². The van der Waals surface area contributed by atoms with Crippen molar-refractivity contribution in [2.75, 3.05) is 11.1 Å². The Morgan fingerprint density at radius 3 is 2.69 bits per heavy atom. The van der Waals surface area contributed by atoms with Gasteiger partial charge >= 0.3 is 0 Å². The SMILES string of the molecule is Cc1ccnc(Nc2c(F)cccc2-c2nc(C(N)=O)c(N)c(-c3c(C)ccc4[nH]ncc34)n2)n1. The van der Waals surface area contributed by atoms with Crippen LogP contribution in [-0.2, 0) is 0 Å². The Hall–Kier alpha value is -4.93. The monoisotopic (exact) mass is 469 g/mol. The Balaban J connectivity index is 1.76. The topological polar surface area (TPSA) is 161 Å². The lowest BCUT2D eigenvalue weighted by Crippen LogP contribution is -2.18. The maximum atomic E-state index is 15.0. The number of para-hydroxylation sites is 1. The molecule has 0 saturated carbocycles. The summed E-state index contributed by atoms with van der Waals surface area (Å²) in [6.07, 6.45) is 3.20. The van der Waals surface area contributed by atoms with E-state index >= 15 is 4.39 Å². The van der Waals surface area contributed by atoms with E-state index in [-0.39, 0.29) is 40.1 Å². The molecule has 0 bridgehead atoms. The molecule has 0 spiro atoms. The first-order valence-corrected chi connectivity index (χ1v) is 10.6. The average Bonchev–Trinajstić information content (AvgIpc) is 3.30. The number of primary amides is 1. The number of nitrogen functional groups attached to an aromatic ring is 1. The Morgan fingerprint density at radius 1 is 1.09 bits per heavy atom. The Kier molecular flexibility index (Phi) is 5.28. The Bertz CT molecular complexity index is 1610. The Labute approximate surface area is 198 Å². The number of anilines is 3. The summed E-state index contributed by atoms with van der Waals surface area (Å²) in [5.41, 5.74) is 15.4. The van der Waals surface area contributed by atoms with Gasteiger partial charge in [0.25, 0.3) is 5.91 Å². The van der Waals surface area contributed by atoms with Gasteiger partial charge in [0.15, 0.2) is 11.5 Å². The minimum atomic E-state index is -0.836. The molecule has 2 aromatic carbocycles. The predicted octanol–water partition coefficient (Wildman–Crippen LogP) is 3.66. The number of nitrogens with two attached hydrogens (primary N) is 2. The smallest absolute Gasteiger partial charge is 0.269 e. The van der Waals surface area contributed by atoms with Crippen LogP contribution >= 0.6 is 0 Å². The second kappa shape index (κ2) is 8.45. The molecule has 0 unspecified atom stereocenters. The van der Waals surface area contributed by atoms with E-state index in [4.69, 9.17) is 11.5 Å². The number of aromatic amines is 1. The van der Waals surface area contributed by atoms with Gasteiger partial charge in [0.2, 0.25) is 5.95 Å². The molecule has 0 saturated heterocycles. The molecular weight excluding hydrogens is 449 g/mol. The summed E-state index contributed by atoms with van der Waals surface area (Å²) in [4.78, 5) is 29.7. The standard InChI is InChI=1S/C24H20FN9O/c1-11-6-7-16-14(10-29-34-16)17(11)20-18(26)21(22(27)35)32-23(31-20)13-4-3-5-15(25)19(13)33-24-28-9-8-12(2)30-24/h3-10H,26H2,1-2H3,(H2,27,35)(H,29,34)(H,28,30,33). The lowest BCUT2D eigenvalue weighted by atomic mass is 9.99. The van der Waals surface area contributed by atoms with Gasteiger partial charge in [-0.3, -0.25) is 9.89 Å². The summed E-state index contributed by atoms with van der Waals surface area (Å²) in [6, 6.07) is 9.90. The maximum Gasteiger partial charge on any atom is 0.269 e.